The summed E-state index contributed by atoms with van der Waals surface area (Å²) in [5.41, 5.74) is 5.60. The molecule has 8 nitrogen and oxygen atoms in total. The van der Waals surface area contributed by atoms with E-state index in [4.69, 9.17) is 14.6 Å². The molecule has 0 aliphatic heterocycles. The van der Waals surface area contributed by atoms with Crippen LogP contribution in [0, 0.1) is 0 Å². The van der Waals surface area contributed by atoms with Gasteiger partial charge in [-0.1, -0.05) is 36.4 Å². The van der Waals surface area contributed by atoms with Crippen LogP contribution in [0.4, 0.5) is 0 Å². The lowest BCUT2D eigenvalue weighted by Gasteiger charge is -2.12. The lowest BCUT2D eigenvalue weighted by molar-refractivity contribution is 0.0682. The number of hydrogen-bond acceptors (Lipinski definition) is 7. The summed E-state index contributed by atoms with van der Waals surface area (Å²) in [6.45, 7) is 0.226. The molecule has 0 atom stereocenters. The maximum atomic E-state index is 12.6. The number of carboxylic acids is 1. The molecule has 0 amide bonds. The van der Waals surface area contributed by atoms with E-state index in [-0.39, 0.29) is 12.2 Å². The number of aromatic carboxylic acids is 1. The number of carboxylic acid groups (broad SMARTS) is 1. The fourth-order valence-electron chi connectivity index (χ4n) is 4.13. The fourth-order valence-corrected chi connectivity index (χ4v) is 4.65. The van der Waals surface area contributed by atoms with E-state index in [0.717, 1.165) is 39.5 Å². The van der Waals surface area contributed by atoms with Crippen molar-refractivity contribution in [2.75, 3.05) is 14.2 Å². The van der Waals surface area contributed by atoms with Gasteiger partial charge in [0.15, 0.2) is 5.69 Å². The smallest absolute Gasteiger partial charge is 0.354 e. The Labute approximate surface area is 205 Å². The third-order valence-electron chi connectivity index (χ3n) is 5.81. The van der Waals surface area contributed by atoms with E-state index in [1.165, 1.54) is 4.68 Å². The summed E-state index contributed by atoms with van der Waals surface area (Å²) >= 11 is 1.16. The summed E-state index contributed by atoms with van der Waals surface area (Å²) in [4.78, 5) is 12.6. The second kappa shape index (κ2) is 9.55. The highest BCUT2D eigenvalue weighted by atomic mass is 32.1. The van der Waals surface area contributed by atoms with Crippen molar-refractivity contribution in [1.29, 1.82) is 0 Å². The first kappa shape index (κ1) is 22.5. The maximum Gasteiger partial charge on any atom is 0.354 e. The van der Waals surface area contributed by atoms with E-state index < -0.39 is 5.97 Å². The van der Waals surface area contributed by atoms with Crippen LogP contribution in [0.25, 0.3) is 22.3 Å². The Kier molecular flexibility index (Phi) is 6.15. The molecular formula is C26H22N4O4S. The van der Waals surface area contributed by atoms with Crippen LogP contribution in [0.2, 0.25) is 0 Å². The number of hydrogen-bond donors (Lipinski definition) is 1. The van der Waals surface area contributed by atoms with Crippen molar-refractivity contribution in [3.8, 4) is 22.8 Å². The normalized spacial score (nSPS) is 11.0. The van der Waals surface area contributed by atoms with E-state index in [2.05, 4.69) is 8.75 Å². The van der Waals surface area contributed by atoms with Crippen molar-refractivity contribution in [2.45, 2.75) is 13.0 Å². The van der Waals surface area contributed by atoms with Gasteiger partial charge in [-0.2, -0.15) is 13.8 Å². The van der Waals surface area contributed by atoms with Crippen LogP contribution in [-0.2, 0) is 13.0 Å². The first-order valence-corrected chi connectivity index (χ1v) is 11.6. The summed E-state index contributed by atoms with van der Waals surface area (Å²) in [6, 6.07) is 20.9. The number of ether oxygens (including phenoxy) is 2. The maximum absolute atomic E-state index is 12.6. The fraction of sp³-hybridized carbons (Fsp3) is 0.154. The molecule has 0 aliphatic rings. The number of rotatable bonds is 8. The zero-order valence-electron chi connectivity index (χ0n) is 19.1. The van der Waals surface area contributed by atoms with E-state index in [9.17, 15) is 9.90 Å². The molecule has 0 saturated heterocycles. The number of nitrogens with zero attached hydrogens (tertiary/aromatic N) is 4. The van der Waals surface area contributed by atoms with Crippen LogP contribution in [0.3, 0.4) is 0 Å². The van der Waals surface area contributed by atoms with Crippen molar-refractivity contribution in [3.05, 3.63) is 89.1 Å². The van der Waals surface area contributed by atoms with Gasteiger partial charge in [0, 0.05) is 29.2 Å². The first-order valence-electron chi connectivity index (χ1n) is 10.9. The molecule has 2 aromatic heterocycles. The lowest BCUT2D eigenvalue weighted by atomic mass is 9.98. The van der Waals surface area contributed by atoms with Crippen LogP contribution in [0.1, 0.15) is 27.2 Å². The summed E-state index contributed by atoms with van der Waals surface area (Å²) in [6.07, 6.45) is 0.388. The zero-order chi connectivity index (χ0) is 24.4. The van der Waals surface area contributed by atoms with Gasteiger partial charge >= 0.3 is 5.97 Å². The van der Waals surface area contributed by atoms with Gasteiger partial charge in [-0.25, -0.2) is 4.79 Å². The van der Waals surface area contributed by atoms with E-state index in [0.29, 0.717) is 29.2 Å². The molecule has 0 bridgehead atoms. The molecule has 0 unspecified atom stereocenters. The van der Waals surface area contributed by atoms with Gasteiger partial charge in [0.05, 0.1) is 38.2 Å². The molecule has 35 heavy (non-hydrogen) atoms. The van der Waals surface area contributed by atoms with Crippen molar-refractivity contribution in [1.82, 2.24) is 18.5 Å². The van der Waals surface area contributed by atoms with Crippen molar-refractivity contribution < 1.29 is 19.4 Å². The first-order chi connectivity index (χ1) is 17.1. The molecule has 176 valence electrons. The highest BCUT2D eigenvalue weighted by Gasteiger charge is 2.25. The third kappa shape index (κ3) is 4.45. The number of fused-ring (bicyclic) bond motifs is 1. The summed E-state index contributed by atoms with van der Waals surface area (Å²) in [5.74, 6) is 0.209. The Morgan fingerprint density at radius 3 is 2.51 bits per heavy atom. The zero-order valence-corrected chi connectivity index (χ0v) is 20.0. The molecule has 2 heterocycles. The van der Waals surface area contributed by atoms with E-state index in [1.54, 1.807) is 20.3 Å². The number of carbonyl (C=O) groups is 1. The molecule has 0 saturated carbocycles. The third-order valence-corrected chi connectivity index (χ3v) is 6.37. The number of methoxy groups -OCH3 is 2. The van der Waals surface area contributed by atoms with Crippen molar-refractivity contribution in [3.63, 3.8) is 0 Å². The van der Waals surface area contributed by atoms with Gasteiger partial charge in [0.1, 0.15) is 22.5 Å². The lowest BCUT2D eigenvalue weighted by Crippen LogP contribution is -2.13. The van der Waals surface area contributed by atoms with Crippen LogP contribution in [0.5, 0.6) is 11.5 Å². The van der Waals surface area contributed by atoms with E-state index in [1.807, 2.05) is 60.7 Å². The highest BCUT2D eigenvalue weighted by Crippen LogP contribution is 2.31. The van der Waals surface area contributed by atoms with Gasteiger partial charge in [-0.3, -0.25) is 4.68 Å². The van der Waals surface area contributed by atoms with Crippen LogP contribution >= 0.6 is 11.7 Å². The number of aromatic nitrogens is 4. The van der Waals surface area contributed by atoms with Gasteiger partial charge in [-0.15, -0.1) is 0 Å². The molecular weight excluding hydrogens is 464 g/mol. The van der Waals surface area contributed by atoms with Gasteiger partial charge in [-0.05, 0) is 29.8 Å². The Morgan fingerprint density at radius 1 is 0.971 bits per heavy atom. The average Bonchev–Trinajstić information content (AvgIpc) is 3.49. The Morgan fingerprint density at radius 2 is 1.77 bits per heavy atom. The minimum atomic E-state index is -1.04. The predicted octanol–water partition coefficient (Wildman–Crippen LogP) is 4.91. The highest BCUT2D eigenvalue weighted by molar-refractivity contribution is 7.00. The number of benzene rings is 3. The molecule has 0 radical (unpaired) electrons. The Balaban J connectivity index is 1.64. The molecule has 9 heteroatoms. The molecule has 0 spiro atoms. The molecule has 0 aliphatic carbocycles. The Bertz CT molecular complexity index is 1510. The second-order valence-electron chi connectivity index (χ2n) is 7.95. The van der Waals surface area contributed by atoms with Crippen LogP contribution in [0.15, 0.2) is 66.7 Å². The van der Waals surface area contributed by atoms with Crippen LogP contribution in [-0.4, -0.2) is 43.8 Å². The monoisotopic (exact) mass is 486 g/mol. The van der Waals surface area contributed by atoms with Gasteiger partial charge < -0.3 is 14.6 Å². The Hall–Kier alpha value is -4.24. The van der Waals surface area contributed by atoms with Gasteiger partial charge in [0.2, 0.25) is 0 Å². The topological polar surface area (TPSA) is 99.4 Å². The standard InChI is InChI=1S/C26H22N4O4S/c1-33-19-10-9-18(23(14-19)34-2)15-30-25(26(31)32)20(24(27-30)17-6-4-3-5-7-17)12-16-8-11-21-22(13-16)29-35-28-21/h3-11,13-14H,12,15H2,1-2H3,(H,31,32). The molecule has 0 fully saturated rings. The second-order valence-corrected chi connectivity index (χ2v) is 8.47. The molecule has 5 rings (SSSR count). The minimum absolute atomic E-state index is 0.137. The SMILES string of the molecule is COc1ccc(Cn2nc(-c3ccccc3)c(Cc3ccc4nsnc4c3)c2C(=O)O)c(OC)c1. The summed E-state index contributed by atoms with van der Waals surface area (Å²) < 4.78 is 20.9. The minimum Gasteiger partial charge on any atom is -0.497 e. The van der Waals surface area contributed by atoms with Crippen LogP contribution < -0.4 is 9.47 Å². The summed E-state index contributed by atoms with van der Waals surface area (Å²) in [7, 11) is 3.16. The quantitative estimate of drug-likeness (QED) is 0.333. The molecule has 1 N–H and O–H groups in total. The molecule has 5 aromatic rings. The largest absolute Gasteiger partial charge is 0.497 e. The predicted molar refractivity (Wildman–Crippen MR) is 133 cm³/mol. The van der Waals surface area contributed by atoms with Crippen molar-refractivity contribution in [2.24, 2.45) is 0 Å². The summed E-state index contributed by atoms with van der Waals surface area (Å²) in [5, 5.41) is 15.1. The molecule has 3 aromatic carbocycles. The average molecular weight is 487 g/mol. The van der Waals surface area contributed by atoms with Crippen molar-refractivity contribution >= 4 is 28.7 Å². The van der Waals surface area contributed by atoms with Gasteiger partial charge in [0.25, 0.3) is 0 Å². The van der Waals surface area contributed by atoms with E-state index >= 15 is 0 Å².